The summed E-state index contributed by atoms with van der Waals surface area (Å²) in [7, 11) is 4.77. The molecule has 2 heterocycles. The van der Waals surface area contributed by atoms with Crippen molar-refractivity contribution in [1.29, 1.82) is 0 Å². The van der Waals surface area contributed by atoms with Crippen molar-refractivity contribution in [1.82, 2.24) is 9.80 Å². The van der Waals surface area contributed by atoms with Crippen LogP contribution < -0.4 is 10.1 Å². The predicted octanol–water partition coefficient (Wildman–Crippen LogP) is 3.04. The van der Waals surface area contributed by atoms with E-state index < -0.39 is 17.8 Å². The number of methoxy groups -OCH3 is 1. The first-order valence-electron chi connectivity index (χ1n) is 9.67. The molecule has 4 rings (SSSR count). The van der Waals surface area contributed by atoms with E-state index in [2.05, 4.69) is 5.32 Å². The van der Waals surface area contributed by atoms with Gasteiger partial charge < -0.3 is 15.0 Å². The average molecular weight is 432 g/mol. The van der Waals surface area contributed by atoms with Crippen LogP contribution in [0.25, 0.3) is 0 Å². The number of carbonyl (C=O) groups is 2. The van der Waals surface area contributed by atoms with Crippen molar-refractivity contribution in [3.05, 3.63) is 58.6 Å². The Labute approximate surface area is 179 Å². The van der Waals surface area contributed by atoms with Crippen LogP contribution in [0.3, 0.4) is 0 Å². The Hall–Kier alpha value is -2.64. The molecular weight excluding hydrogens is 409 g/mol. The fraction of sp³-hybridized carbons (Fsp3) is 0.364. The molecule has 1 N–H and O–H groups in total. The Bertz CT molecular complexity index is 1010. The van der Waals surface area contributed by atoms with E-state index >= 15 is 0 Å². The Morgan fingerprint density at radius 3 is 2.70 bits per heavy atom. The lowest BCUT2D eigenvalue weighted by Crippen LogP contribution is -2.57. The number of rotatable bonds is 4. The highest BCUT2D eigenvalue weighted by Crippen LogP contribution is 2.51. The van der Waals surface area contributed by atoms with E-state index in [1.165, 1.54) is 12.0 Å². The fourth-order valence-corrected chi connectivity index (χ4v) is 4.77. The van der Waals surface area contributed by atoms with Crippen molar-refractivity contribution in [3.8, 4) is 5.75 Å². The minimum absolute atomic E-state index is 0.0110. The van der Waals surface area contributed by atoms with Crippen LogP contribution in [-0.2, 0) is 15.1 Å². The summed E-state index contributed by atoms with van der Waals surface area (Å²) in [5.74, 6) is -0.151. The molecule has 2 aliphatic rings. The van der Waals surface area contributed by atoms with Crippen LogP contribution in [0.15, 0.2) is 42.5 Å². The zero-order valence-electron chi connectivity index (χ0n) is 17.0. The number of nitrogens with zero attached hydrogens (tertiary/aromatic N) is 2. The van der Waals surface area contributed by atoms with Gasteiger partial charge in [-0.05, 0) is 24.3 Å². The Morgan fingerprint density at radius 2 is 2.00 bits per heavy atom. The topological polar surface area (TPSA) is 61.9 Å². The molecule has 158 valence electrons. The van der Waals surface area contributed by atoms with Gasteiger partial charge >= 0.3 is 0 Å². The lowest BCUT2D eigenvalue weighted by atomic mass is 9.80. The maximum Gasteiger partial charge on any atom is 0.254 e. The minimum Gasteiger partial charge on any atom is -0.496 e. The second-order valence-corrected chi connectivity index (χ2v) is 8.22. The highest BCUT2D eigenvalue weighted by Gasteiger charge is 2.59. The molecule has 0 aromatic heterocycles. The van der Waals surface area contributed by atoms with Crippen LogP contribution in [0.2, 0.25) is 5.02 Å². The summed E-state index contributed by atoms with van der Waals surface area (Å²) in [4.78, 5) is 29.8. The van der Waals surface area contributed by atoms with Crippen LogP contribution in [0.5, 0.6) is 5.75 Å². The Morgan fingerprint density at radius 1 is 1.27 bits per heavy atom. The number of benzene rings is 2. The maximum atomic E-state index is 14.8. The molecule has 30 heavy (non-hydrogen) atoms. The molecule has 0 bridgehead atoms. The first kappa shape index (κ1) is 20.6. The predicted molar refractivity (Wildman–Crippen MR) is 113 cm³/mol. The third-order valence-electron chi connectivity index (χ3n) is 5.85. The maximum absolute atomic E-state index is 14.8. The van der Waals surface area contributed by atoms with Gasteiger partial charge in [-0.2, -0.15) is 0 Å². The van der Waals surface area contributed by atoms with Gasteiger partial charge in [-0.25, -0.2) is 4.39 Å². The van der Waals surface area contributed by atoms with Crippen molar-refractivity contribution >= 4 is 29.1 Å². The van der Waals surface area contributed by atoms with Gasteiger partial charge in [0.25, 0.3) is 5.91 Å². The molecule has 3 atom stereocenters. The normalized spacial score (nSPS) is 25.7. The summed E-state index contributed by atoms with van der Waals surface area (Å²) in [6.45, 7) is -0.0678. The molecule has 2 aliphatic heterocycles. The molecular formula is C22H23ClFN3O3. The number of para-hydroxylation sites is 1. The van der Waals surface area contributed by atoms with Gasteiger partial charge in [0.1, 0.15) is 11.9 Å². The van der Waals surface area contributed by atoms with Gasteiger partial charge in [-0.3, -0.25) is 14.5 Å². The SMILES string of the molecule is COc1ccccc1C1(N2CC(F)C[C@H]2C(=O)N(C)C)C(=O)Nc2ccc(Cl)cc21. The van der Waals surface area contributed by atoms with E-state index in [4.69, 9.17) is 16.3 Å². The molecule has 0 aliphatic carbocycles. The number of ether oxygens (including phenoxy) is 1. The van der Waals surface area contributed by atoms with Crippen molar-refractivity contribution in [2.75, 3.05) is 33.1 Å². The molecule has 0 saturated carbocycles. The number of hydrogen-bond acceptors (Lipinski definition) is 4. The number of alkyl halides is 1. The molecule has 6 nitrogen and oxygen atoms in total. The Balaban J connectivity index is 2.03. The molecule has 0 spiro atoms. The fourth-order valence-electron chi connectivity index (χ4n) is 4.60. The zero-order valence-corrected chi connectivity index (χ0v) is 17.7. The van der Waals surface area contributed by atoms with E-state index in [0.717, 1.165) is 0 Å². The number of halogens is 2. The molecule has 1 fully saturated rings. The van der Waals surface area contributed by atoms with Crippen LogP contribution in [0.1, 0.15) is 17.5 Å². The summed E-state index contributed by atoms with van der Waals surface area (Å²) in [6, 6.07) is 11.4. The first-order valence-corrected chi connectivity index (χ1v) is 10.1. The lowest BCUT2D eigenvalue weighted by molar-refractivity contribution is -0.138. The summed E-state index contributed by atoms with van der Waals surface area (Å²) in [5, 5.41) is 3.34. The first-order chi connectivity index (χ1) is 14.3. The smallest absolute Gasteiger partial charge is 0.254 e. The molecule has 0 radical (unpaired) electrons. The Kier molecular flexibility index (Phi) is 5.20. The molecule has 1 saturated heterocycles. The van der Waals surface area contributed by atoms with Crippen LogP contribution in [0, 0.1) is 0 Å². The number of amides is 2. The summed E-state index contributed by atoms with van der Waals surface area (Å²) < 4.78 is 20.3. The number of carbonyl (C=O) groups excluding carboxylic acids is 2. The van der Waals surface area contributed by atoms with Crippen LogP contribution in [0.4, 0.5) is 10.1 Å². The van der Waals surface area contributed by atoms with E-state index in [-0.39, 0.29) is 24.8 Å². The number of nitrogens with one attached hydrogen (secondary N) is 1. The van der Waals surface area contributed by atoms with Gasteiger partial charge in [-0.15, -0.1) is 0 Å². The zero-order chi connectivity index (χ0) is 21.6. The number of fused-ring (bicyclic) bond motifs is 1. The highest BCUT2D eigenvalue weighted by atomic mass is 35.5. The van der Waals surface area contributed by atoms with Gasteiger partial charge in [-0.1, -0.05) is 29.8 Å². The van der Waals surface area contributed by atoms with Gasteiger partial charge in [0.15, 0.2) is 5.54 Å². The second kappa shape index (κ2) is 7.56. The van der Waals surface area contributed by atoms with Gasteiger partial charge in [0.2, 0.25) is 5.91 Å². The number of likely N-dealkylation sites (N-methyl/N-ethyl adjacent to an activating group) is 1. The van der Waals surface area contributed by atoms with Gasteiger partial charge in [0, 0.05) is 48.9 Å². The third-order valence-corrected chi connectivity index (χ3v) is 6.09. The highest BCUT2D eigenvalue weighted by molar-refractivity contribution is 6.31. The molecule has 8 heteroatoms. The summed E-state index contributed by atoms with van der Waals surface area (Å²) >= 11 is 6.31. The molecule has 2 unspecified atom stereocenters. The average Bonchev–Trinajstić information content (AvgIpc) is 3.24. The van der Waals surface area contributed by atoms with E-state index in [1.54, 1.807) is 61.5 Å². The van der Waals surface area contributed by atoms with Crippen molar-refractivity contribution in [2.45, 2.75) is 24.2 Å². The van der Waals surface area contributed by atoms with E-state index in [0.29, 0.717) is 27.6 Å². The van der Waals surface area contributed by atoms with E-state index in [9.17, 15) is 14.0 Å². The second-order valence-electron chi connectivity index (χ2n) is 7.79. The van der Waals surface area contributed by atoms with Crippen LogP contribution in [-0.4, -0.2) is 61.6 Å². The number of anilines is 1. The summed E-state index contributed by atoms with van der Waals surface area (Å²) in [5.41, 5.74) is 0.241. The van der Waals surface area contributed by atoms with Gasteiger partial charge in [0.05, 0.1) is 13.2 Å². The van der Waals surface area contributed by atoms with Crippen molar-refractivity contribution in [3.63, 3.8) is 0 Å². The molecule has 2 aromatic rings. The van der Waals surface area contributed by atoms with Crippen molar-refractivity contribution < 1.29 is 18.7 Å². The number of likely N-dealkylation sites (tertiary alicyclic amines) is 1. The molecule has 2 aromatic carbocycles. The minimum atomic E-state index is -1.45. The summed E-state index contributed by atoms with van der Waals surface area (Å²) in [6.07, 6.45) is -1.24. The standard InChI is InChI=1S/C22H23ClFN3O3/c1-26(2)20(28)18-11-14(24)12-27(18)22(15-6-4-5-7-19(15)30-3)16-10-13(23)8-9-17(16)25-21(22)29/h4-10,14,18H,11-12H2,1-3H3,(H,25,29)/t14?,18-,22?/m0/s1. The lowest BCUT2D eigenvalue weighted by Gasteiger charge is -2.41. The largest absolute Gasteiger partial charge is 0.496 e. The van der Waals surface area contributed by atoms with E-state index in [1.807, 2.05) is 0 Å². The van der Waals surface area contributed by atoms with Crippen LogP contribution >= 0.6 is 11.6 Å². The third kappa shape index (κ3) is 2.96. The van der Waals surface area contributed by atoms with Crippen molar-refractivity contribution in [2.24, 2.45) is 0 Å². The monoisotopic (exact) mass is 431 g/mol. The number of hydrogen-bond donors (Lipinski definition) is 1. The quantitative estimate of drug-likeness (QED) is 0.808. The molecule has 2 amide bonds.